The third-order valence-electron chi connectivity index (χ3n) is 4.19. The molecule has 0 aromatic carbocycles. The van der Waals surface area contributed by atoms with Gasteiger partial charge in [0.1, 0.15) is 0 Å². The van der Waals surface area contributed by atoms with Gasteiger partial charge in [0, 0.05) is 0 Å². The summed E-state index contributed by atoms with van der Waals surface area (Å²) in [6, 6.07) is 0. The van der Waals surface area contributed by atoms with Gasteiger partial charge in [-0.25, -0.2) is 8.42 Å². The predicted octanol–water partition coefficient (Wildman–Crippen LogP) is 3.41. The molecule has 0 radical (unpaired) electrons. The van der Waals surface area contributed by atoms with E-state index < -0.39 is 74.9 Å². The Bertz CT molecular complexity index is 1010. The second kappa shape index (κ2) is 10.0. The van der Waals surface area contributed by atoms with Crippen molar-refractivity contribution in [2.75, 3.05) is 0 Å². The first kappa shape index (κ1) is 41.1. The molecule has 0 aliphatic heterocycles. The van der Waals surface area contributed by atoms with Crippen molar-refractivity contribution in [3.8, 4) is 0 Å². The molecule has 0 fully saturated rings. The molecule has 0 N–H and O–H groups in total. The fraction of sp³-hybridized carbons (Fsp3) is 1.00. The van der Waals surface area contributed by atoms with Crippen LogP contribution in [0.25, 0.3) is 0 Å². The SMILES string of the molecule is O=S(=O)([O-])C(F)(F)C(F)(F)C(F)(F)C(F)(F)C(F)(F)C(F)(F)C(F)(F)C(F)(F)C(F)(F)C(F)(F)C(F)(F)F.[K+]. The average molecular weight is 688 g/mol. The van der Waals surface area contributed by atoms with E-state index in [0.717, 1.165) is 0 Å². The van der Waals surface area contributed by atoms with Crippen LogP contribution in [0.4, 0.5) is 101 Å². The first-order chi connectivity index (χ1) is 15.8. The Morgan fingerprint density at radius 2 is 0.487 bits per heavy atom. The zero-order chi connectivity index (χ0) is 32.0. The van der Waals surface area contributed by atoms with Gasteiger partial charge in [0.15, 0.2) is 10.1 Å². The van der Waals surface area contributed by atoms with Gasteiger partial charge in [0.05, 0.1) is 0 Å². The Morgan fingerprint density at radius 1 is 0.333 bits per heavy atom. The van der Waals surface area contributed by atoms with Crippen LogP contribution >= 0.6 is 0 Å². The summed E-state index contributed by atoms with van der Waals surface area (Å²) in [4.78, 5) is 0. The quantitative estimate of drug-likeness (QED) is 0.201. The molecule has 3 nitrogen and oxygen atoms in total. The fourth-order valence-electron chi connectivity index (χ4n) is 1.90. The van der Waals surface area contributed by atoms with Gasteiger partial charge in [0.2, 0.25) is 0 Å². The van der Waals surface area contributed by atoms with Gasteiger partial charge in [-0.15, -0.1) is 0 Å². The molecule has 0 spiro atoms. The number of alkyl halides is 23. The van der Waals surface area contributed by atoms with E-state index in [1.165, 1.54) is 0 Å². The van der Waals surface area contributed by atoms with E-state index in [2.05, 4.69) is 0 Å². The van der Waals surface area contributed by atoms with Crippen LogP contribution in [0.3, 0.4) is 0 Å². The molecule has 0 amide bonds. The maximum absolute atomic E-state index is 13.4. The predicted molar refractivity (Wildman–Crippen MR) is 65.2 cm³/mol. The average Bonchev–Trinajstić information content (AvgIpc) is 2.64. The summed E-state index contributed by atoms with van der Waals surface area (Å²) in [7, 11) is -8.42. The van der Waals surface area contributed by atoms with E-state index in [0.29, 0.717) is 0 Å². The molecule has 0 bridgehead atoms. The molecule has 0 saturated carbocycles. The monoisotopic (exact) mass is 688 g/mol. The van der Waals surface area contributed by atoms with Crippen LogP contribution in [0.5, 0.6) is 0 Å². The normalized spacial score (nSPS) is 16.7. The maximum atomic E-state index is 13.4. The van der Waals surface area contributed by atoms with Gasteiger partial charge in [-0.05, 0) is 0 Å². The topological polar surface area (TPSA) is 57.2 Å². The number of rotatable bonds is 10. The van der Waals surface area contributed by atoms with Crippen LogP contribution in [0.2, 0.25) is 0 Å². The smallest absolute Gasteiger partial charge is 0.743 e. The van der Waals surface area contributed by atoms with Crippen molar-refractivity contribution in [2.45, 2.75) is 64.7 Å². The van der Waals surface area contributed by atoms with Crippen molar-refractivity contribution in [1.82, 2.24) is 0 Å². The van der Waals surface area contributed by atoms with E-state index in [-0.39, 0.29) is 51.4 Å². The van der Waals surface area contributed by atoms with Crippen LogP contribution in [0.1, 0.15) is 0 Å². The molecule has 0 aliphatic rings. The summed E-state index contributed by atoms with van der Waals surface area (Å²) < 4.78 is 328. The van der Waals surface area contributed by atoms with Gasteiger partial charge in [-0.1, -0.05) is 0 Å². The first-order valence-electron chi connectivity index (χ1n) is 7.55. The molecule has 39 heavy (non-hydrogen) atoms. The van der Waals surface area contributed by atoms with E-state index in [9.17, 15) is 114 Å². The van der Waals surface area contributed by atoms with Gasteiger partial charge in [-0.3, -0.25) is 0 Å². The fourth-order valence-corrected chi connectivity index (χ4v) is 2.34. The van der Waals surface area contributed by atoms with Crippen molar-refractivity contribution in [3.63, 3.8) is 0 Å². The van der Waals surface area contributed by atoms with Crippen LogP contribution in [0, 0.1) is 0 Å². The molecule has 0 unspecified atom stereocenters. The molecule has 230 valence electrons. The largest absolute Gasteiger partial charge is 1.00 e. The second-order valence-corrected chi connectivity index (χ2v) is 8.06. The Balaban J connectivity index is 0. The van der Waals surface area contributed by atoms with Crippen LogP contribution in [0.15, 0.2) is 0 Å². The molecular formula is C11F23KO3S. The van der Waals surface area contributed by atoms with Gasteiger partial charge in [-0.2, -0.15) is 101 Å². The van der Waals surface area contributed by atoms with Gasteiger partial charge >= 0.3 is 116 Å². The minimum absolute atomic E-state index is 0. The molecule has 0 saturated heterocycles. The van der Waals surface area contributed by atoms with E-state index in [1.807, 2.05) is 0 Å². The van der Waals surface area contributed by atoms with Crippen molar-refractivity contribution in [1.29, 1.82) is 0 Å². The third kappa shape index (κ3) is 5.01. The van der Waals surface area contributed by atoms with E-state index >= 15 is 0 Å². The Labute approximate surface area is 239 Å². The number of halogens is 23. The van der Waals surface area contributed by atoms with E-state index in [4.69, 9.17) is 0 Å². The Morgan fingerprint density at radius 3 is 0.641 bits per heavy atom. The summed E-state index contributed by atoms with van der Waals surface area (Å²) >= 11 is 0. The van der Waals surface area contributed by atoms with Crippen molar-refractivity contribution in [3.05, 3.63) is 0 Å². The van der Waals surface area contributed by atoms with Gasteiger partial charge in [0.25, 0.3) is 0 Å². The standard InChI is InChI=1S/C11HF23O3S.K/c12-1(13,2(14,15)4(18,19)6(22,23)8(26,27)10(30,31)32)3(16,17)5(20,21)7(24,25)9(28,29)11(33,34)38(35,36)37;/h(H,35,36,37);/q;+1/p-1. The molecule has 0 aromatic heterocycles. The summed E-state index contributed by atoms with van der Waals surface area (Å²) in [5.41, 5.74) is 0. The minimum Gasteiger partial charge on any atom is -0.743 e. The minimum atomic E-state index is -9.59. The maximum Gasteiger partial charge on any atom is 1.00 e. The number of hydrogen-bond acceptors (Lipinski definition) is 3. The van der Waals surface area contributed by atoms with Crippen LogP contribution in [-0.4, -0.2) is 77.7 Å². The molecule has 0 heterocycles. The van der Waals surface area contributed by atoms with E-state index in [1.54, 1.807) is 0 Å². The van der Waals surface area contributed by atoms with Crippen LogP contribution in [-0.2, 0) is 10.1 Å². The summed E-state index contributed by atoms with van der Waals surface area (Å²) in [6.45, 7) is 0. The molecule has 28 heteroatoms. The van der Waals surface area contributed by atoms with Crippen molar-refractivity contribution >= 4 is 10.1 Å². The van der Waals surface area contributed by atoms with Gasteiger partial charge < -0.3 is 4.55 Å². The Hall–Kier alpha value is -0.0636. The molecular weight excluding hydrogens is 688 g/mol. The molecule has 0 atom stereocenters. The Kier molecular flexibility index (Phi) is 10.5. The summed E-state index contributed by atoms with van der Waals surface area (Å²) in [5, 5.41) is -8.26. The third-order valence-corrected chi connectivity index (χ3v) is 5.07. The number of hydrogen-bond donors (Lipinski definition) is 0. The van der Waals surface area contributed by atoms with Crippen molar-refractivity contribution in [2.24, 2.45) is 0 Å². The molecule has 0 aromatic rings. The first-order valence-corrected chi connectivity index (χ1v) is 8.96. The molecule has 0 rings (SSSR count). The zero-order valence-electron chi connectivity index (χ0n) is 16.8. The summed E-state index contributed by atoms with van der Waals surface area (Å²) in [6.07, 6.45) is -8.16. The van der Waals surface area contributed by atoms with Crippen molar-refractivity contribution < 1.29 is 165 Å². The second-order valence-electron chi connectivity index (χ2n) is 6.64. The summed E-state index contributed by atoms with van der Waals surface area (Å²) in [5.74, 6) is -83.4. The molecule has 0 aliphatic carbocycles. The van der Waals surface area contributed by atoms with Crippen LogP contribution < -0.4 is 51.4 Å². The zero-order valence-corrected chi connectivity index (χ0v) is 20.8.